The highest BCUT2D eigenvalue weighted by molar-refractivity contribution is 14.0. The van der Waals surface area contributed by atoms with Crippen molar-refractivity contribution in [2.45, 2.75) is 57.4 Å². The minimum atomic E-state index is -0.783. The summed E-state index contributed by atoms with van der Waals surface area (Å²) in [6.45, 7) is 4.65. The van der Waals surface area contributed by atoms with Crippen molar-refractivity contribution in [1.29, 1.82) is 0 Å². The largest absolute Gasteiger partial charge is 0.357 e. The Morgan fingerprint density at radius 1 is 1.31 bits per heavy atom. The Bertz CT molecular complexity index is 630. The SMILES string of the molecule is CCNC(=NCc1cc(F)ccc1F)NC1CCCC(S(=O)CC)C1.I. The molecule has 0 amide bonds. The molecule has 148 valence electrons. The fourth-order valence-electron chi connectivity index (χ4n) is 3.09. The molecule has 3 unspecified atom stereocenters. The molecule has 0 spiro atoms. The van der Waals surface area contributed by atoms with Crippen molar-refractivity contribution in [3.63, 3.8) is 0 Å². The van der Waals surface area contributed by atoms with Gasteiger partial charge in [-0.3, -0.25) is 4.21 Å². The highest BCUT2D eigenvalue weighted by atomic mass is 127. The lowest BCUT2D eigenvalue weighted by Crippen LogP contribution is -2.46. The number of hydrogen-bond acceptors (Lipinski definition) is 2. The second-order valence-electron chi connectivity index (χ2n) is 6.23. The number of benzene rings is 1. The van der Waals surface area contributed by atoms with Crippen LogP contribution in [0.15, 0.2) is 23.2 Å². The molecule has 1 aromatic carbocycles. The third kappa shape index (κ3) is 7.09. The van der Waals surface area contributed by atoms with Crippen LogP contribution in [-0.2, 0) is 17.3 Å². The Labute approximate surface area is 174 Å². The summed E-state index contributed by atoms with van der Waals surface area (Å²) in [4.78, 5) is 4.38. The van der Waals surface area contributed by atoms with Crippen LogP contribution in [0.5, 0.6) is 0 Å². The normalized spacial score (nSPS) is 21.6. The molecule has 1 fully saturated rings. The van der Waals surface area contributed by atoms with Crippen LogP contribution in [0.4, 0.5) is 8.78 Å². The molecule has 3 atom stereocenters. The Balaban J connectivity index is 0.00000338. The Morgan fingerprint density at radius 3 is 2.77 bits per heavy atom. The molecule has 1 saturated carbocycles. The number of nitrogens with zero attached hydrogens (tertiary/aromatic N) is 1. The number of nitrogens with one attached hydrogen (secondary N) is 2. The predicted octanol–water partition coefficient (Wildman–Crippen LogP) is 3.72. The van der Waals surface area contributed by atoms with Crippen LogP contribution in [0.1, 0.15) is 45.1 Å². The molecule has 0 bridgehead atoms. The van der Waals surface area contributed by atoms with Gasteiger partial charge >= 0.3 is 0 Å². The molecule has 0 aliphatic heterocycles. The summed E-state index contributed by atoms with van der Waals surface area (Å²) in [6, 6.07) is 3.59. The van der Waals surface area contributed by atoms with Crippen LogP contribution in [-0.4, -0.2) is 33.8 Å². The molecule has 0 aromatic heterocycles. The maximum Gasteiger partial charge on any atom is 0.191 e. The van der Waals surface area contributed by atoms with Crippen LogP contribution in [0.3, 0.4) is 0 Å². The lowest BCUT2D eigenvalue weighted by molar-refractivity contribution is 0.413. The summed E-state index contributed by atoms with van der Waals surface area (Å²) >= 11 is 0. The quantitative estimate of drug-likeness (QED) is 0.357. The lowest BCUT2D eigenvalue weighted by Gasteiger charge is -2.30. The zero-order valence-electron chi connectivity index (χ0n) is 15.3. The molecule has 1 aromatic rings. The third-order valence-electron chi connectivity index (χ3n) is 4.38. The standard InChI is InChI=1S/C18H27F2N3OS.HI/c1-3-21-18(22-12-13-10-14(19)8-9-17(13)20)23-15-6-5-7-16(11-15)25(24)4-2;/h8-10,15-16H,3-7,11-12H2,1-2H3,(H2,21,22,23);1H. The van der Waals surface area contributed by atoms with Gasteiger partial charge in [-0.2, -0.15) is 0 Å². The highest BCUT2D eigenvalue weighted by Crippen LogP contribution is 2.23. The van der Waals surface area contributed by atoms with Gasteiger partial charge in [-0.05, 0) is 44.4 Å². The smallest absolute Gasteiger partial charge is 0.191 e. The van der Waals surface area contributed by atoms with Crippen LogP contribution in [0.2, 0.25) is 0 Å². The first-order valence-electron chi connectivity index (χ1n) is 8.89. The Morgan fingerprint density at radius 2 is 2.08 bits per heavy atom. The Hall–Kier alpha value is -0.770. The maximum absolute atomic E-state index is 13.7. The first-order chi connectivity index (χ1) is 12.0. The van der Waals surface area contributed by atoms with Crippen molar-refractivity contribution in [2.75, 3.05) is 12.3 Å². The van der Waals surface area contributed by atoms with Crippen LogP contribution >= 0.6 is 24.0 Å². The summed E-state index contributed by atoms with van der Waals surface area (Å²) < 4.78 is 39.1. The van der Waals surface area contributed by atoms with Crippen molar-refractivity contribution >= 4 is 40.7 Å². The molecule has 4 nitrogen and oxygen atoms in total. The van der Waals surface area contributed by atoms with Gasteiger partial charge in [0.05, 0.1) is 6.54 Å². The predicted molar refractivity (Wildman–Crippen MR) is 114 cm³/mol. The van der Waals surface area contributed by atoms with E-state index in [4.69, 9.17) is 0 Å². The summed E-state index contributed by atoms with van der Waals surface area (Å²) in [5.41, 5.74) is 0.228. The van der Waals surface area contributed by atoms with E-state index >= 15 is 0 Å². The monoisotopic (exact) mass is 499 g/mol. The second-order valence-corrected chi connectivity index (χ2v) is 8.24. The van der Waals surface area contributed by atoms with E-state index in [9.17, 15) is 13.0 Å². The van der Waals surface area contributed by atoms with E-state index in [1.807, 2.05) is 13.8 Å². The van der Waals surface area contributed by atoms with Crippen LogP contribution in [0, 0.1) is 11.6 Å². The van der Waals surface area contributed by atoms with Gasteiger partial charge in [-0.1, -0.05) is 13.3 Å². The van der Waals surface area contributed by atoms with Crippen molar-refractivity contribution in [3.05, 3.63) is 35.4 Å². The van der Waals surface area contributed by atoms with E-state index < -0.39 is 22.4 Å². The van der Waals surface area contributed by atoms with Gasteiger partial charge in [0.2, 0.25) is 0 Å². The first-order valence-corrected chi connectivity index (χ1v) is 10.3. The Kier molecular flexibility index (Phi) is 10.6. The van der Waals surface area contributed by atoms with Gasteiger partial charge in [0.1, 0.15) is 11.6 Å². The molecule has 1 aliphatic rings. The molecule has 0 radical (unpaired) electrons. The average Bonchev–Trinajstić information content (AvgIpc) is 2.62. The molecule has 0 saturated heterocycles. The number of aliphatic imine (C=N–C) groups is 1. The number of guanidine groups is 1. The topological polar surface area (TPSA) is 53.5 Å². The van der Waals surface area contributed by atoms with E-state index in [0.29, 0.717) is 18.3 Å². The molecule has 8 heteroatoms. The molecule has 2 rings (SSSR count). The zero-order chi connectivity index (χ0) is 18.2. The van der Waals surface area contributed by atoms with Gasteiger partial charge in [0.15, 0.2) is 5.96 Å². The first kappa shape index (κ1) is 23.3. The van der Waals surface area contributed by atoms with Gasteiger partial charge in [0.25, 0.3) is 0 Å². The highest BCUT2D eigenvalue weighted by Gasteiger charge is 2.26. The van der Waals surface area contributed by atoms with E-state index in [-0.39, 0.29) is 47.4 Å². The lowest BCUT2D eigenvalue weighted by atomic mass is 9.95. The van der Waals surface area contributed by atoms with Crippen LogP contribution < -0.4 is 10.6 Å². The van der Waals surface area contributed by atoms with Gasteiger partial charge in [-0.15, -0.1) is 24.0 Å². The van der Waals surface area contributed by atoms with E-state index in [2.05, 4.69) is 15.6 Å². The van der Waals surface area contributed by atoms with Crippen molar-refractivity contribution < 1.29 is 13.0 Å². The van der Waals surface area contributed by atoms with Gasteiger partial charge in [0, 0.05) is 40.0 Å². The molecule has 26 heavy (non-hydrogen) atoms. The van der Waals surface area contributed by atoms with Gasteiger partial charge < -0.3 is 10.6 Å². The zero-order valence-corrected chi connectivity index (χ0v) is 18.4. The average molecular weight is 499 g/mol. The van der Waals surface area contributed by atoms with Crippen molar-refractivity contribution in [2.24, 2.45) is 4.99 Å². The number of rotatable bonds is 6. The molecular weight excluding hydrogens is 471 g/mol. The van der Waals surface area contributed by atoms with Crippen molar-refractivity contribution in [3.8, 4) is 0 Å². The molecule has 1 aliphatic carbocycles. The minimum Gasteiger partial charge on any atom is -0.357 e. The number of halogens is 3. The summed E-state index contributed by atoms with van der Waals surface area (Å²) in [7, 11) is -0.783. The van der Waals surface area contributed by atoms with Crippen molar-refractivity contribution in [1.82, 2.24) is 10.6 Å². The molecule has 2 N–H and O–H groups in total. The molecule has 0 heterocycles. The third-order valence-corrected chi connectivity index (χ3v) is 6.12. The summed E-state index contributed by atoms with van der Waals surface area (Å²) in [5.74, 6) is 0.336. The maximum atomic E-state index is 13.7. The fraction of sp³-hybridized carbons (Fsp3) is 0.611. The summed E-state index contributed by atoms with van der Waals surface area (Å²) in [5, 5.41) is 6.72. The van der Waals surface area contributed by atoms with Crippen LogP contribution in [0.25, 0.3) is 0 Å². The fourth-order valence-corrected chi connectivity index (χ4v) is 4.44. The second kappa shape index (κ2) is 11.8. The summed E-state index contributed by atoms with van der Waals surface area (Å²) in [6.07, 6.45) is 3.88. The minimum absolute atomic E-state index is 0. The number of hydrogen-bond donors (Lipinski definition) is 2. The van der Waals surface area contributed by atoms with E-state index in [1.165, 1.54) is 6.07 Å². The molecular formula is C18H28F2IN3OS. The van der Waals surface area contributed by atoms with E-state index in [0.717, 1.165) is 37.8 Å². The van der Waals surface area contributed by atoms with Gasteiger partial charge in [-0.25, -0.2) is 13.8 Å². The van der Waals surface area contributed by atoms with E-state index in [1.54, 1.807) is 0 Å².